The van der Waals surface area contributed by atoms with Crippen LogP contribution < -0.4 is 29.6 Å². The molecule has 2 aromatic heterocycles. The third-order valence-corrected chi connectivity index (χ3v) is 13.5. The van der Waals surface area contributed by atoms with Crippen LogP contribution >= 0.6 is 54.7 Å². The van der Waals surface area contributed by atoms with Gasteiger partial charge in [-0.3, -0.25) is 14.2 Å². The van der Waals surface area contributed by atoms with E-state index in [1.54, 1.807) is 34.1 Å². The first-order valence-electron chi connectivity index (χ1n) is 20.9. The summed E-state index contributed by atoms with van der Waals surface area (Å²) in [6.45, 7) is 0.325. The molecule has 358 valence electrons. The van der Waals surface area contributed by atoms with Gasteiger partial charge in [0.1, 0.15) is 49.7 Å². The second-order valence-electron chi connectivity index (χ2n) is 15.4. The fourth-order valence-corrected chi connectivity index (χ4v) is 8.79. The molecule has 2 amide bonds. The van der Waals surface area contributed by atoms with Gasteiger partial charge >= 0.3 is 8.25 Å². The first-order valence-corrected chi connectivity index (χ1v) is 23.7. The van der Waals surface area contributed by atoms with Crippen LogP contribution in [0.1, 0.15) is 25.7 Å². The molecule has 4 aromatic carbocycles. The number of hydrogen-bond acceptors (Lipinski definition) is 15. The molecule has 17 nitrogen and oxygen atoms in total. The van der Waals surface area contributed by atoms with Crippen molar-refractivity contribution in [3.63, 3.8) is 0 Å². The number of likely N-dealkylation sites (tertiary alicyclic amines) is 2. The third kappa shape index (κ3) is 11.2. The van der Waals surface area contributed by atoms with Gasteiger partial charge < -0.3 is 48.4 Å². The van der Waals surface area contributed by atoms with Crippen LogP contribution in [0.25, 0.3) is 21.8 Å². The van der Waals surface area contributed by atoms with Crippen LogP contribution in [0.3, 0.4) is 0 Å². The van der Waals surface area contributed by atoms with E-state index in [9.17, 15) is 22.9 Å². The number of rotatable bonds is 16. The molecule has 2 aliphatic heterocycles. The topological polar surface area (TPSA) is 189 Å². The first kappa shape index (κ1) is 48.9. The van der Waals surface area contributed by atoms with E-state index in [1.165, 1.54) is 51.1 Å². The Morgan fingerprint density at radius 3 is 1.41 bits per heavy atom. The van der Waals surface area contributed by atoms with E-state index in [-0.39, 0.29) is 43.7 Å². The molecule has 2 aliphatic rings. The summed E-state index contributed by atoms with van der Waals surface area (Å²) in [5.41, 5.74) is 1.15. The summed E-state index contributed by atoms with van der Waals surface area (Å²) in [6, 6.07) is 12.6. The molecule has 0 radical (unpaired) electrons. The molecule has 0 atom stereocenters. The van der Waals surface area contributed by atoms with E-state index in [2.05, 4.69) is 30.6 Å². The normalized spacial score (nSPS) is 14.7. The lowest BCUT2D eigenvalue weighted by Gasteiger charge is -2.32. The number of piperidine rings is 2. The number of nitrogens with one attached hydrogen (secondary N) is 2. The Hall–Kier alpha value is -5.53. The van der Waals surface area contributed by atoms with Gasteiger partial charge in [0.25, 0.3) is 0 Å². The van der Waals surface area contributed by atoms with Crippen LogP contribution in [0.5, 0.6) is 23.0 Å². The number of aromatic nitrogens is 4. The average Bonchev–Trinajstić information content (AvgIpc) is 3.35. The SMILES string of the molecule is COc1cc2ncnc(Nc3ccc(Cl)c(Cl)c3F)c2cc1OC1CCN(C(=O)CO[PH](=O)OCC(=O)N2CCC(Oc3cc4c(Nc5ccc(Cl)c(Cl)c5F)ncnc4cc3OC)CC2)CC1. The Kier molecular flexibility index (Phi) is 15.7. The summed E-state index contributed by atoms with van der Waals surface area (Å²) in [4.78, 5) is 46.4. The van der Waals surface area contributed by atoms with E-state index in [0.717, 1.165) is 0 Å². The molecule has 24 heteroatoms. The smallest absolute Gasteiger partial charge is 0.320 e. The van der Waals surface area contributed by atoms with Gasteiger partial charge in [-0.2, -0.15) is 0 Å². The molecular formula is C44H41Cl4F2N8O9P. The summed E-state index contributed by atoms with van der Waals surface area (Å²) in [7, 11) is -0.192. The maximum absolute atomic E-state index is 14.9. The van der Waals surface area contributed by atoms with Crippen LogP contribution in [0.15, 0.2) is 61.2 Å². The predicted octanol–water partition coefficient (Wildman–Crippen LogP) is 9.83. The van der Waals surface area contributed by atoms with Gasteiger partial charge in [-0.1, -0.05) is 46.4 Å². The van der Waals surface area contributed by atoms with Crippen LogP contribution in [0.4, 0.5) is 31.8 Å². The van der Waals surface area contributed by atoms with Crippen molar-refractivity contribution in [2.24, 2.45) is 0 Å². The maximum Gasteiger partial charge on any atom is 0.320 e. The highest BCUT2D eigenvalue weighted by atomic mass is 35.5. The molecule has 2 saturated heterocycles. The Morgan fingerprint density at radius 1 is 0.632 bits per heavy atom. The molecule has 2 N–H and O–H groups in total. The molecule has 2 fully saturated rings. The largest absolute Gasteiger partial charge is 0.493 e. The summed E-state index contributed by atoms with van der Waals surface area (Å²) in [6.07, 6.45) is 3.92. The number of halogens is 6. The number of anilines is 4. The molecule has 0 aliphatic carbocycles. The number of hydrogen-bond donors (Lipinski definition) is 2. The van der Waals surface area contributed by atoms with Crippen molar-refractivity contribution >= 4 is 111 Å². The van der Waals surface area contributed by atoms with Gasteiger partial charge in [0.15, 0.2) is 34.6 Å². The van der Waals surface area contributed by atoms with Crippen molar-refractivity contribution < 1.29 is 50.9 Å². The summed E-state index contributed by atoms with van der Waals surface area (Å²) in [5, 5.41) is 6.64. The van der Waals surface area contributed by atoms with E-state index >= 15 is 0 Å². The Morgan fingerprint density at radius 2 is 1.03 bits per heavy atom. The zero-order valence-corrected chi connectivity index (χ0v) is 40.1. The van der Waals surface area contributed by atoms with Gasteiger partial charge in [-0.15, -0.1) is 0 Å². The summed E-state index contributed by atoms with van der Waals surface area (Å²) in [5.74, 6) is -0.0487. The fraction of sp³-hybridized carbons (Fsp3) is 0.318. The molecule has 68 heavy (non-hydrogen) atoms. The zero-order valence-electron chi connectivity index (χ0n) is 36.1. The van der Waals surface area contributed by atoms with Gasteiger partial charge in [0, 0.05) is 74.8 Å². The van der Waals surface area contributed by atoms with Crippen molar-refractivity contribution in [3.05, 3.63) is 92.9 Å². The second kappa shape index (κ2) is 21.8. The van der Waals surface area contributed by atoms with Gasteiger partial charge in [-0.25, -0.2) is 28.7 Å². The Labute approximate surface area is 408 Å². The summed E-state index contributed by atoms with van der Waals surface area (Å²) < 4.78 is 76.7. The number of carbonyl (C=O) groups excluding carboxylic acids is 2. The molecule has 0 unspecified atom stereocenters. The number of nitrogens with zero attached hydrogens (tertiary/aromatic N) is 6. The number of benzene rings is 4. The van der Waals surface area contributed by atoms with Crippen molar-refractivity contribution in [2.45, 2.75) is 37.9 Å². The molecule has 4 heterocycles. The van der Waals surface area contributed by atoms with Crippen LogP contribution in [-0.4, -0.2) is 107 Å². The van der Waals surface area contributed by atoms with Crippen molar-refractivity contribution in [3.8, 4) is 23.0 Å². The standard InChI is InChI=1S/C44H41Cl4F2N8O9P/c1-62-33-17-31-25(43(53-21-51-31)55-29-5-3-27(45)39(47)41(29)49)15-35(33)66-23-7-11-57(12-8-23)37(59)19-64-68(61)65-20-38(60)58-13-9-24(10-14-58)67-36-16-26-32(18-34(36)63-2)52-22-54-44(26)56-30-6-4-28(46)40(48)42(30)50/h3-6,15-18,21-24,68H,7-14,19-20H2,1-2H3,(H,51,53,55)(H,52,54,56). The van der Waals surface area contributed by atoms with E-state index in [4.69, 9.17) is 74.4 Å². The number of carbonyl (C=O) groups is 2. The maximum atomic E-state index is 14.9. The highest BCUT2D eigenvalue weighted by Gasteiger charge is 2.28. The van der Waals surface area contributed by atoms with E-state index in [0.29, 0.717) is 108 Å². The van der Waals surface area contributed by atoms with E-state index < -0.39 is 44.9 Å². The van der Waals surface area contributed by atoms with Gasteiger partial charge in [0.05, 0.1) is 56.7 Å². The minimum absolute atomic E-state index is 0.0652. The second-order valence-corrected chi connectivity index (χ2v) is 18.1. The summed E-state index contributed by atoms with van der Waals surface area (Å²) >= 11 is 23.9. The number of fused-ring (bicyclic) bond motifs is 2. The lowest BCUT2D eigenvalue weighted by Crippen LogP contribution is -2.43. The van der Waals surface area contributed by atoms with Gasteiger partial charge in [0.2, 0.25) is 11.8 Å². The molecule has 6 aromatic rings. The van der Waals surface area contributed by atoms with Crippen molar-refractivity contribution in [2.75, 3.05) is 64.2 Å². The number of ether oxygens (including phenoxy) is 4. The highest BCUT2D eigenvalue weighted by Crippen LogP contribution is 2.40. The lowest BCUT2D eigenvalue weighted by molar-refractivity contribution is -0.135. The van der Waals surface area contributed by atoms with Crippen molar-refractivity contribution in [1.29, 1.82) is 0 Å². The van der Waals surface area contributed by atoms with Crippen LogP contribution in [0, 0.1) is 11.6 Å². The van der Waals surface area contributed by atoms with Crippen LogP contribution in [0.2, 0.25) is 20.1 Å². The molecule has 0 saturated carbocycles. The molecule has 8 rings (SSSR count). The number of methoxy groups -OCH3 is 2. The van der Waals surface area contributed by atoms with Gasteiger partial charge in [-0.05, 0) is 36.4 Å². The monoisotopic (exact) mass is 1030 g/mol. The van der Waals surface area contributed by atoms with Crippen molar-refractivity contribution in [1.82, 2.24) is 29.7 Å². The van der Waals surface area contributed by atoms with E-state index in [1.807, 2.05) is 0 Å². The lowest BCUT2D eigenvalue weighted by atomic mass is 10.1. The quantitative estimate of drug-likeness (QED) is 0.0688. The minimum atomic E-state index is -3.19. The Balaban J connectivity index is 0.778. The molecule has 0 bridgehead atoms. The first-order chi connectivity index (χ1) is 32.8. The predicted molar refractivity (Wildman–Crippen MR) is 253 cm³/mol. The Bertz CT molecular complexity index is 2710. The molecule has 0 spiro atoms. The third-order valence-electron chi connectivity index (χ3n) is 11.2. The highest BCUT2D eigenvalue weighted by molar-refractivity contribution is 7.33. The minimum Gasteiger partial charge on any atom is -0.493 e. The zero-order chi connectivity index (χ0) is 48.1. The number of amides is 2. The molecular weight excluding hydrogens is 995 g/mol. The average molecular weight is 1040 g/mol. The van der Waals surface area contributed by atoms with Crippen LogP contribution in [-0.2, 0) is 23.2 Å². The fourth-order valence-electron chi connectivity index (χ4n) is 7.60.